The standard InChI is InChI=1S/C18H17BrClN3O.C7H8N2O/c19-13-7-12-2-1-11-8-14(20)3-4-15(11)18(17(12)22-9-13)23-6-5-21-16(24)10-23;10-6-9-5-7-2-1-3-8-4-7/h3-4,7-9,18H,1-2,5-6,10H2,(H,21,24);1-4,6H,5H2,(H,9,10). The number of nitrogens with one attached hydrogen (secondary N) is 2. The number of hydrogen-bond donors (Lipinski definition) is 2. The number of piperazine rings is 1. The molecule has 0 bridgehead atoms. The van der Waals surface area contributed by atoms with Crippen LogP contribution < -0.4 is 10.6 Å². The van der Waals surface area contributed by atoms with E-state index < -0.39 is 0 Å². The predicted molar refractivity (Wildman–Crippen MR) is 134 cm³/mol. The Kier molecular flexibility index (Phi) is 8.26. The number of amides is 2. The van der Waals surface area contributed by atoms with E-state index in [4.69, 9.17) is 16.6 Å². The fourth-order valence-electron chi connectivity index (χ4n) is 4.32. The summed E-state index contributed by atoms with van der Waals surface area (Å²) in [7, 11) is 0. The molecule has 1 unspecified atom stereocenters. The quantitative estimate of drug-likeness (QED) is 0.493. The number of benzene rings is 1. The third-order valence-electron chi connectivity index (χ3n) is 5.84. The van der Waals surface area contributed by atoms with Gasteiger partial charge < -0.3 is 10.6 Å². The Labute approximate surface area is 212 Å². The number of aromatic nitrogens is 2. The van der Waals surface area contributed by atoms with Crippen LogP contribution in [0.2, 0.25) is 5.02 Å². The van der Waals surface area contributed by atoms with E-state index in [1.807, 2.05) is 24.4 Å². The largest absolute Gasteiger partial charge is 0.355 e. The first-order valence-electron chi connectivity index (χ1n) is 11.0. The minimum absolute atomic E-state index is 0.00563. The van der Waals surface area contributed by atoms with Gasteiger partial charge in [-0.1, -0.05) is 23.7 Å². The highest BCUT2D eigenvalue weighted by Gasteiger charge is 2.32. The number of carbonyl (C=O) groups is 2. The third-order valence-corrected chi connectivity index (χ3v) is 6.50. The molecule has 0 spiro atoms. The van der Waals surface area contributed by atoms with Gasteiger partial charge in [0.1, 0.15) is 0 Å². The van der Waals surface area contributed by atoms with Crippen LogP contribution in [0.3, 0.4) is 0 Å². The van der Waals surface area contributed by atoms with Crippen LogP contribution in [0.15, 0.2) is 59.5 Å². The van der Waals surface area contributed by atoms with Crippen molar-refractivity contribution in [3.8, 4) is 0 Å². The van der Waals surface area contributed by atoms with Crippen LogP contribution in [0, 0.1) is 0 Å². The molecule has 2 aliphatic rings. The Morgan fingerprint density at radius 1 is 1.21 bits per heavy atom. The number of rotatable bonds is 4. The van der Waals surface area contributed by atoms with Gasteiger partial charge in [0.15, 0.2) is 0 Å². The van der Waals surface area contributed by atoms with Crippen LogP contribution in [-0.2, 0) is 29.0 Å². The summed E-state index contributed by atoms with van der Waals surface area (Å²) in [5.74, 6) is 0.0691. The predicted octanol–water partition coefficient (Wildman–Crippen LogP) is 3.44. The molecule has 2 amide bonds. The first-order chi connectivity index (χ1) is 16.5. The monoisotopic (exact) mass is 541 g/mol. The highest BCUT2D eigenvalue weighted by atomic mass is 79.9. The van der Waals surface area contributed by atoms with Gasteiger partial charge in [0.05, 0.1) is 18.3 Å². The van der Waals surface area contributed by atoms with E-state index in [9.17, 15) is 9.59 Å². The van der Waals surface area contributed by atoms with Crippen molar-refractivity contribution in [2.75, 3.05) is 19.6 Å². The summed E-state index contributed by atoms with van der Waals surface area (Å²) < 4.78 is 0.986. The lowest BCUT2D eigenvalue weighted by atomic mass is 9.96. The molecule has 5 rings (SSSR count). The summed E-state index contributed by atoms with van der Waals surface area (Å²) in [5, 5.41) is 6.20. The summed E-state index contributed by atoms with van der Waals surface area (Å²) in [6.07, 6.45) is 7.79. The Balaban J connectivity index is 0.000000231. The lowest BCUT2D eigenvalue weighted by Gasteiger charge is -2.35. The molecule has 3 heterocycles. The molecule has 2 N–H and O–H groups in total. The molecule has 1 aliphatic carbocycles. The first kappa shape index (κ1) is 24.3. The zero-order valence-corrected chi connectivity index (χ0v) is 20.8. The fraction of sp³-hybridized carbons (Fsp3) is 0.280. The van der Waals surface area contributed by atoms with Gasteiger partial charge >= 0.3 is 0 Å². The van der Waals surface area contributed by atoms with Crippen molar-refractivity contribution < 1.29 is 9.59 Å². The van der Waals surface area contributed by atoms with E-state index in [2.05, 4.69) is 54.6 Å². The summed E-state index contributed by atoms with van der Waals surface area (Å²) in [5.41, 5.74) is 5.74. The number of hydrogen-bond acceptors (Lipinski definition) is 5. The minimum atomic E-state index is -0.00563. The summed E-state index contributed by atoms with van der Waals surface area (Å²) in [4.78, 5) is 32.6. The van der Waals surface area contributed by atoms with Gasteiger partial charge in [-0.2, -0.15) is 0 Å². The number of carbonyl (C=O) groups excluding carboxylic acids is 2. The lowest BCUT2D eigenvalue weighted by Crippen LogP contribution is -2.49. The number of nitrogens with zero attached hydrogens (tertiary/aromatic N) is 3. The number of aryl methyl sites for hydroxylation is 2. The third kappa shape index (κ3) is 6.00. The van der Waals surface area contributed by atoms with Gasteiger partial charge in [0, 0.05) is 47.7 Å². The topological polar surface area (TPSA) is 87.2 Å². The van der Waals surface area contributed by atoms with Crippen LogP contribution in [0.25, 0.3) is 0 Å². The molecule has 34 heavy (non-hydrogen) atoms. The van der Waals surface area contributed by atoms with E-state index in [1.54, 1.807) is 12.4 Å². The van der Waals surface area contributed by atoms with Crippen LogP contribution in [0.5, 0.6) is 0 Å². The highest BCUT2D eigenvalue weighted by Crippen LogP contribution is 2.37. The molecule has 1 fully saturated rings. The molecule has 1 saturated heterocycles. The molecule has 176 valence electrons. The van der Waals surface area contributed by atoms with Gasteiger partial charge in [-0.05, 0) is 75.3 Å². The Morgan fingerprint density at radius 3 is 2.82 bits per heavy atom. The Morgan fingerprint density at radius 2 is 2.06 bits per heavy atom. The number of fused-ring (bicyclic) bond motifs is 2. The molecule has 9 heteroatoms. The normalized spacial score (nSPS) is 17.2. The van der Waals surface area contributed by atoms with Crippen LogP contribution in [0.1, 0.15) is 34.0 Å². The zero-order chi connectivity index (χ0) is 23.9. The molecule has 7 nitrogen and oxygen atoms in total. The molecule has 1 atom stereocenters. The molecule has 1 aromatic carbocycles. The van der Waals surface area contributed by atoms with Crippen molar-refractivity contribution in [1.82, 2.24) is 25.5 Å². The Hall–Kier alpha value is -2.81. The maximum Gasteiger partial charge on any atom is 0.234 e. The van der Waals surface area contributed by atoms with E-state index in [0.717, 1.165) is 40.1 Å². The maximum atomic E-state index is 11.9. The second-order valence-electron chi connectivity index (χ2n) is 8.12. The molecule has 0 saturated carbocycles. The van der Waals surface area contributed by atoms with E-state index in [0.29, 0.717) is 26.0 Å². The number of pyridine rings is 2. The van der Waals surface area contributed by atoms with Crippen LogP contribution in [0.4, 0.5) is 0 Å². The average molecular weight is 543 g/mol. The van der Waals surface area contributed by atoms with Gasteiger partial charge in [-0.3, -0.25) is 24.5 Å². The lowest BCUT2D eigenvalue weighted by molar-refractivity contribution is -0.124. The van der Waals surface area contributed by atoms with Gasteiger partial charge in [-0.25, -0.2) is 0 Å². The fourth-order valence-corrected chi connectivity index (χ4v) is 4.90. The van der Waals surface area contributed by atoms with Crippen molar-refractivity contribution >= 4 is 39.8 Å². The van der Waals surface area contributed by atoms with Crippen molar-refractivity contribution in [1.29, 1.82) is 0 Å². The van der Waals surface area contributed by atoms with E-state index in [-0.39, 0.29) is 11.9 Å². The molecular formula is C25H25BrClN5O2. The molecule has 0 radical (unpaired) electrons. The van der Waals surface area contributed by atoms with Crippen molar-refractivity contribution in [3.63, 3.8) is 0 Å². The smallest absolute Gasteiger partial charge is 0.234 e. The summed E-state index contributed by atoms with van der Waals surface area (Å²) in [6.45, 7) is 2.43. The van der Waals surface area contributed by atoms with Crippen molar-refractivity contribution in [2.24, 2.45) is 0 Å². The summed E-state index contributed by atoms with van der Waals surface area (Å²) in [6, 6.07) is 12.0. The first-order valence-corrected chi connectivity index (χ1v) is 12.2. The molecule has 3 aromatic rings. The molecule has 2 aromatic heterocycles. The van der Waals surface area contributed by atoms with E-state index in [1.165, 1.54) is 16.7 Å². The van der Waals surface area contributed by atoms with Gasteiger partial charge in [0.2, 0.25) is 12.3 Å². The Bertz CT molecular complexity index is 1110. The maximum absolute atomic E-state index is 11.9. The van der Waals surface area contributed by atoms with Crippen LogP contribution in [-0.4, -0.2) is 46.8 Å². The van der Waals surface area contributed by atoms with Crippen LogP contribution >= 0.6 is 27.5 Å². The zero-order valence-electron chi connectivity index (χ0n) is 18.5. The molecular weight excluding hydrogens is 518 g/mol. The van der Waals surface area contributed by atoms with E-state index >= 15 is 0 Å². The highest BCUT2D eigenvalue weighted by molar-refractivity contribution is 9.10. The summed E-state index contributed by atoms with van der Waals surface area (Å²) >= 11 is 9.75. The van der Waals surface area contributed by atoms with Gasteiger partial charge in [0.25, 0.3) is 0 Å². The minimum Gasteiger partial charge on any atom is -0.355 e. The second-order valence-corrected chi connectivity index (χ2v) is 9.48. The SMILES string of the molecule is O=C1CN(C2c3ccc(Cl)cc3CCc3cc(Br)cnc32)CCN1.O=CNCc1cccnc1. The average Bonchev–Trinajstić information content (AvgIpc) is 3.00. The van der Waals surface area contributed by atoms with Crippen molar-refractivity contribution in [3.05, 3.63) is 92.4 Å². The van der Waals surface area contributed by atoms with Gasteiger partial charge in [-0.15, -0.1) is 0 Å². The second kappa shape index (κ2) is 11.6. The van der Waals surface area contributed by atoms with Crippen molar-refractivity contribution in [2.45, 2.75) is 25.4 Å². The molecule has 1 aliphatic heterocycles. The number of halogens is 2.